The molecule has 0 unspecified atom stereocenters. The second kappa shape index (κ2) is 4.28. The van der Waals surface area contributed by atoms with Crippen LogP contribution < -0.4 is 0 Å². The number of aromatic nitrogens is 3. The van der Waals surface area contributed by atoms with Gasteiger partial charge < -0.3 is 9.30 Å². The molecule has 1 aromatic carbocycles. The molecule has 0 bridgehead atoms. The van der Waals surface area contributed by atoms with Crippen molar-refractivity contribution in [2.45, 2.75) is 0 Å². The molecule has 0 atom stereocenters. The molecule has 0 saturated heterocycles. The fourth-order valence-electron chi connectivity index (χ4n) is 2.20. The number of methoxy groups -OCH3 is 1. The molecule has 5 heteroatoms. The third-order valence-electron chi connectivity index (χ3n) is 3.09. The molecule has 0 aliphatic carbocycles. The van der Waals surface area contributed by atoms with Crippen molar-refractivity contribution in [3.63, 3.8) is 0 Å². The quantitative estimate of drug-likeness (QED) is 0.659. The highest BCUT2D eigenvalue weighted by Gasteiger charge is 2.16. The van der Waals surface area contributed by atoms with Crippen LogP contribution in [-0.2, 0) is 11.8 Å². The lowest BCUT2D eigenvalue weighted by Gasteiger charge is -1.99. The second-order valence-corrected chi connectivity index (χ2v) is 4.29. The predicted molar refractivity (Wildman–Crippen MR) is 71.4 cm³/mol. The number of carbonyl (C=O) groups excluding carboxylic acids is 1. The fraction of sp³-hybridized carbons (Fsp3) is 0.143. The van der Waals surface area contributed by atoms with Crippen LogP contribution >= 0.6 is 0 Å². The van der Waals surface area contributed by atoms with Crippen molar-refractivity contribution in [3.8, 4) is 5.69 Å². The van der Waals surface area contributed by atoms with E-state index >= 15 is 0 Å². The van der Waals surface area contributed by atoms with Gasteiger partial charge in [-0.3, -0.25) is 4.68 Å². The molecule has 19 heavy (non-hydrogen) atoms. The highest BCUT2D eigenvalue weighted by Crippen LogP contribution is 2.25. The minimum Gasteiger partial charge on any atom is -0.465 e. The summed E-state index contributed by atoms with van der Waals surface area (Å²) in [5, 5.41) is 5.03. The third kappa shape index (κ3) is 1.79. The monoisotopic (exact) mass is 255 g/mol. The van der Waals surface area contributed by atoms with E-state index in [0.717, 1.165) is 16.6 Å². The summed E-state index contributed by atoms with van der Waals surface area (Å²) in [4.78, 5) is 11.8. The van der Waals surface area contributed by atoms with Crippen molar-refractivity contribution in [1.82, 2.24) is 14.3 Å². The van der Waals surface area contributed by atoms with E-state index in [-0.39, 0.29) is 5.97 Å². The van der Waals surface area contributed by atoms with Gasteiger partial charge in [-0.15, -0.1) is 0 Å². The molecular weight excluding hydrogens is 242 g/mol. The van der Waals surface area contributed by atoms with Crippen LogP contribution in [0.25, 0.3) is 16.6 Å². The first-order valence-corrected chi connectivity index (χ1v) is 5.88. The lowest BCUT2D eigenvalue weighted by molar-refractivity contribution is 0.0603. The third-order valence-corrected chi connectivity index (χ3v) is 3.09. The number of nitrogens with zero attached hydrogens (tertiary/aromatic N) is 3. The molecule has 0 saturated carbocycles. The Labute approximate surface area is 110 Å². The lowest BCUT2D eigenvalue weighted by atomic mass is 10.2. The van der Waals surface area contributed by atoms with Gasteiger partial charge in [0.2, 0.25) is 0 Å². The molecule has 0 amide bonds. The number of para-hydroxylation sites is 1. The Kier molecular flexibility index (Phi) is 2.59. The first kappa shape index (κ1) is 11.5. The summed E-state index contributed by atoms with van der Waals surface area (Å²) in [6, 6.07) is 7.72. The van der Waals surface area contributed by atoms with Crippen molar-refractivity contribution in [1.29, 1.82) is 0 Å². The summed E-state index contributed by atoms with van der Waals surface area (Å²) < 4.78 is 8.49. The highest BCUT2D eigenvalue weighted by atomic mass is 16.5. The van der Waals surface area contributed by atoms with Crippen LogP contribution in [0.5, 0.6) is 0 Å². The van der Waals surface area contributed by atoms with Crippen LogP contribution in [0.3, 0.4) is 0 Å². The summed E-state index contributed by atoms with van der Waals surface area (Å²) in [7, 11) is 3.24. The number of benzene rings is 1. The van der Waals surface area contributed by atoms with Gasteiger partial charge in [0.05, 0.1) is 30.1 Å². The summed E-state index contributed by atoms with van der Waals surface area (Å²) in [5.74, 6) is -0.334. The zero-order chi connectivity index (χ0) is 13.4. The molecule has 0 spiro atoms. The van der Waals surface area contributed by atoms with Gasteiger partial charge in [-0.1, -0.05) is 18.2 Å². The molecule has 0 aliphatic heterocycles. The van der Waals surface area contributed by atoms with Gasteiger partial charge in [0.15, 0.2) is 0 Å². The molecule has 0 fully saturated rings. The fourth-order valence-corrected chi connectivity index (χ4v) is 2.20. The van der Waals surface area contributed by atoms with Crippen molar-refractivity contribution < 1.29 is 9.53 Å². The van der Waals surface area contributed by atoms with Crippen molar-refractivity contribution in [2.75, 3.05) is 7.11 Å². The largest absolute Gasteiger partial charge is 0.465 e. The molecule has 2 aromatic heterocycles. The Hall–Kier alpha value is -2.56. The number of rotatable bonds is 2. The molecule has 3 rings (SSSR count). The van der Waals surface area contributed by atoms with E-state index in [4.69, 9.17) is 4.74 Å². The number of carbonyl (C=O) groups is 1. The maximum Gasteiger partial charge on any atom is 0.340 e. The molecule has 96 valence electrons. The topological polar surface area (TPSA) is 49.1 Å². The standard InChI is InChI=1S/C14H13N3O2/c1-16-8-10(7-15-16)17-9-12(14(18)19-2)11-5-3-4-6-13(11)17/h3-9H,1-2H3. The van der Waals surface area contributed by atoms with Crippen LogP contribution in [0.1, 0.15) is 10.4 Å². The van der Waals surface area contributed by atoms with Gasteiger partial charge in [0, 0.05) is 24.8 Å². The smallest absolute Gasteiger partial charge is 0.340 e. The minimum absolute atomic E-state index is 0.334. The number of esters is 1. The Morgan fingerprint density at radius 3 is 2.74 bits per heavy atom. The van der Waals surface area contributed by atoms with Gasteiger partial charge in [-0.25, -0.2) is 4.79 Å². The number of ether oxygens (including phenoxy) is 1. The van der Waals surface area contributed by atoms with E-state index in [1.807, 2.05) is 42.1 Å². The summed E-state index contributed by atoms with van der Waals surface area (Å²) >= 11 is 0. The van der Waals surface area contributed by atoms with E-state index in [0.29, 0.717) is 5.56 Å². The van der Waals surface area contributed by atoms with Gasteiger partial charge in [0.1, 0.15) is 0 Å². The first-order chi connectivity index (χ1) is 9.20. The lowest BCUT2D eigenvalue weighted by Crippen LogP contribution is -1.99. The molecule has 3 aromatic rings. The molecule has 2 heterocycles. The molecule has 0 radical (unpaired) electrons. The summed E-state index contributed by atoms with van der Waals surface area (Å²) in [6.07, 6.45) is 5.44. The summed E-state index contributed by atoms with van der Waals surface area (Å²) in [5.41, 5.74) is 2.42. The van der Waals surface area contributed by atoms with Crippen LogP contribution in [0.15, 0.2) is 42.9 Å². The zero-order valence-electron chi connectivity index (χ0n) is 10.7. The number of aryl methyl sites for hydroxylation is 1. The minimum atomic E-state index is -0.334. The second-order valence-electron chi connectivity index (χ2n) is 4.29. The van der Waals surface area contributed by atoms with Gasteiger partial charge in [-0.05, 0) is 6.07 Å². The summed E-state index contributed by atoms with van der Waals surface area (Å²) in [6.45, 7) is 0. The SMILES string of the molecule is COC(=O)c1cn(-c2cnn(C)c2)c2ccccc12. The Morgan fingerprint density at radius 1 is 1.26 bits per heavy atom. The first-order valence-electron chi connectivity index (χ1n) is 5.88. The molecule has 0 N–H and O–H groups in total. The Balaban J connectivity index is 2.28. The molecular formula is C14H13N3O2. The molecule has 0 aliphatic rings. The Bertz CT molecular complexity index is 755. The number of hydrogen-bond acceptors (Lipinski definition) is 3. The van der Waals surface area contributed by atoms with Gasteiger partial charge in [0.25, 0.3) is 0 Å². The predicted octanol–water partition coefficient (Wildman–Crippen LogP) is 2.15. The maximum atomic E-state index is 11.8. The average Bonchev–Trinajstić information content (AvgIpc) is 3.01. The van der Waals surface area contributed by atoms with E-state index in [9.17, 15) is 4.79 Å². The van der Waals surface area contributed by atoms with Gasteiger partial charge >= 0.3 is 5.97 Å². The van der Waals surface area contributed by atoms with Crippen molar-refractivity contribution in [2.24, 2.45) is 7.05 Å². The van der Waals surface area contributed by atoms with E-state index in [1.165, 1.54) is 7.11 Å². The maximum absolute atomic E-state index is 11.8. The zero-order valence-corrected chi connectivity index (χ0v) is 10.7. The van der Waals surface area contributed by atoms with E-state index in [2.05, 4.69) is 5.10 Å². The Morgan fingerprint density at radius 2 is 2.05 bits per heavy atom. The van der Waals surface area contributed by atoms with E-state index in [1.54, 1.807) is 17.1 Å². The van der Waals surface area contributed by atoms with Crippen LogP contribution in [-0.4, -0.2) is 27.4 Å². The molecule has 5 nitrogen and oxygen atoms in total. The van der Waals surface area contributed by atoms with E-state index < -0.39 is 0 Å². The van der Waals surface area contributed by atoms with Crippen LogP contribution in [0.4, 0.5) is 0 Å². The number of hydrogen-bond donors (Lipinski definition) is 0. The van der Waals surface area contributed by atoms with Crippen LogP contribution in [0.2, 0.25) is 0 Å². The number of fused-ring (bicyclic) bond motifs is 1. The highest BCUT2D eigenvalue weighted by molar-refractivity contribution is 6.04. The van der Waals surface area contributed by atoms with Crippen molar-refractivity contribution in [3.05, 3.63) is 48.4 Å². The average molecular weight is 255 g/mol. The normalized spacial score (nSPS) is 10.8. The van der Waals surface area contributed by atoms with Crippen molar-refractivity contribution >= 4 is 16.9 Å². The van der Waals surface area contributed by atoms with Crippen LogP contribution in [0, 0.1) is 0 Å². The van der Waals surface area contributed by atoms with Gasteiger partial charge in [-0.2, -0.15) is 5.10 Å².